The van der Waals surface area contributed by atoms with Gasteiger partial charge < -0.3 is 9.30 Å². The van der Waals surface area contributed by atoms with Crippen molar-refractivity contribution in [1.29, 1.82) is 0 Å². The predicted octanol–water partition coefficient (Wildman–Crippen LogP) is 6.51. The molecular weight excluding hydrogens is 415 g/mol. The molecule has 0 aliphatic rings. The molecule has 0 radical (unpaired) electrons. The highest BCUT2D eigenvalue weighted by Crippen LogP contribution is 2.37. The molecule has 2 aromatic carbocycles. The highest BCUT2D eigenvalue weighted by molar-refractivity contribution is 8.13. The van der Waals surface area contributed by atoms with Crippen molar-refractivity contribution in [2.24, 2.45) is 0 Å². The molecule has 1 aromatic heterocycles. The molecule has 0 bridgehead atoms. The highest BCUT2D eigenvalue weighted by Gasteiger charge is 2.21. The molecule has 0 aliphatic heterocycles. The number of hydrogen-bond donors (Lipinski definition) is 0. The van der Waals surface area contributed by atoms with Gasteiger partial charge in [0.05, 0.1) is 11.6 Å². The Morgan fingerprint density at radius 1 is 1.21 bits per heavy atom. The van der Waals surface area contributed by atoms with Crippen molar-refractivity contribution in [3.05, 3.63) is 94.5 Å². The van der Waals surface area contributed by atoms with Crippen molar-refractivity contribution in [1.82, 2.24) is 9.55 Å². The Hall–Kier alpha value is -2.21. The standard InChI is InChI=1S/C21H18Cl2N2O2S/c22-17-8-9-18(19(23)13-17)20(14-25-11-10-24-15-25)28-21(26)27-12-4-7-16-5-2-1-3-6-16/h1-11,13,15,20H,12,14H2/b7-4+. The first-order valence-electron chi connectivity index (χ1n) is 8.57. The lowest BCUT2D eigenvalue weighted by Gasteiger charge is -2.18. The van der Waals surface area contributed by atoms with E-state index in [1.807, 2.05) is 59.3 Å². The van der Waals surface area contributed by atoms with Crippen LogP contribution >= 0.6 is 35.0 Å². The zero-order valence-corrected chi connectivity index (χ0v) is 17.2. The van der Waals surface area contributed by atoms with Crippen LogP contribution in [0.4, 0.5) is 4.79 Å². The van der Waals surface area contributed by atoms with Crippen molar-refractivity contribution in [3.8, 4) is 0 Å². The van der Waals surface area contributed by atoms with E-state index in [2.05, 4.69) is 4.98 Å². The van der Waals surface area contributed by atoms with Crippen LogP contribution in [0.2, 0.25) is 10.0 Å². The van der Waals surface area contributed by atoms with Gasteiger partial charge in [-0.15, -0.1) is 0 Å². The van der Waals surface area contributed by atoms with Gasteiger partial charge in [-0.3, -0.25) is 0 Å². The average molecular weight is 433 g/mol. The third-order valence-corrected chi connectivity index (χ3v) is 5.45. The number of thioether (sulfide) groups is 1. The van der Waals surface area contributed by atoms with E-state index in [1.165, 1.54) is 0 Å². The van der Waals surface area contributed by atoms with Gasteiger partial charge in [0.1, 0.15) is 6.61 Å². The first-order valence-corrected chi connectivity index (χ1v) is 10.2. The molecule has 0 N–H and O–H groups in total. The van der Waals surface area contributed by atoms with E-state index in [-0.39, 0.29) is 17.2 Å². The fraction of sp³-hybridized carbons (Fsp3) is 0.143. The first-order chi connectivity index (χ1) is 13.6. The van der Waals surface area contributed by atoms with Crippen LogP contribution in [0.1, 0.15) is 16.4 Å². The number of rotatable bonds is 7. The van der Waals surface area contributed by atoms with E-state index < -0.39 is 0 Å². The van der Waals surface area contributed by atoms with Crippen molar-refractivity contribution < 1.29 is 9.53 Å². The Morgan fingerprint density at radius 3 is 2.75 bits per heavy atom. The maximum Gasteiger partial charge on any atom is 0.368 e. The Balaban J connectivity index is 1.63. The molecule has 0 saturated carbocycles. The number of imidazole rings is 1. The van der Waals surface area contributed by atoms with Gasteiger partial charge in [0.2, 0.25) is 0 Å². The van der Waals surface area contributed by atoms with E-state index >= 15 is 0 Å². The van der Waals surface area contributed by atoms with Crippen molar-refractivity contribution in [2.75, 3.05) is 6.61 Å². The summed E-state index contributed by atoms with van der Waals surface area (Å²) in [7, 11) is 0. The van der Waals surface area contributed by atoms with Gasteiger partial charge in [0, 0.05) is 29.0 Å². The molecule has 0 fully saturated rings. The van der Waals surface area contributed by atoms with Crippen LogP contribution in [-0.4, -0.2) is 21.5 Å². The zero-order chi connectivity index (χ0) is 19.8. The molecule has 0 aliphatic carbocycles. The first kappa shape index (κ1) is 20.5. The summed E-state index contributed by atoms with van der Waals surface area (Å²) in [5.41, 5.74) is 1.87. The molecule has 7 heteroatoms. The molecular formula is C21H18Cl2N2O2S. The van der Waals surface area contributed by atoms with Crippen LogP contribution in [0.5, 0.6) is 0 Å². The number of halogens is 2. The summed E-state index contributed by atoms with van der Waals surface area (Å²) in [6, 6.07) is 15.1. The minimum atomic E-state index is -0.367. The lowest BCUT2D eigenvalue weighted by molar-refractivity contribution is 0.187. The number of aromatic nitrogens is 2. The van der Waals surface area contributed by atoms with Gasteiger partial charge in [-0.05, 0) is 41.1 Å². The second-order valence-electron chi connectivity index (χ2n) is 5.91. The minimum Gasteiger partial charge on any atom is -0.453 e. The second kappa shape index (κ2) is 10.4. The smallest absolute Gasteiger partial charge is 0.368 e. The summed E-state index contributed by atoms with van der Waals surface area (Å²) >= 11 is 13.4. The Morgan fingerprint density at radius 2 is 2.04 bits per heavy atom. The van der Waals surface area contributed by atoms with Crippen molar-refractivity contribution in [3.63, 3.8) is 0 Å². The Kier molecular flexibility index (Phi) is 7.60. The quantitative estimate of drug-likeness (QED) is 0.398. The lowest BCUT2D eigenvalue weighted by Crippen LogP contribution is -2.09. The zero-order valence-electron chi connectivity index (χ0n) is 14.9. The van der Waals surface area contributed by atoms with Crippen LogP contribution in [0.25, 0.3) is 6.08 Å². The Labute approximate surface area is 178 Å². The van der Waals surface area contributed by atoms with Crippen LogP contribution in [0.15, 0.2) is 73.3 Å². The number of carbonyl (C=O) groups excluding carboxylic acids is 1. The van der Waals surface area contributed by atoms with Gasteiger partial charge >= 0.3 is 5.30 Å². The third-order valence-electron chi connectivity index (χ3n) is 3.89. The molecule has 0 amide bonds. The van der Waals surface area contributed by atoms with Crippen LogP contribution < -0.4 is 0 Å². The van der Waals surface area contributed by atoms with E-state index in [0.29, 0.717) is 16.6 Å². The fourth-order valence-electron chi connectivity index (χ4n) is 2.56. The van der Waals surface area contributed by atoms with Crippen molar-refractivity contribution >= 4 is 46.3 Å². The molecule has 3 rings (SSSR count). The van der Waals surface area contributed by atoms with Gasteiger partial charge in [0.15, 0.2) is 0 Å². The van der Waals surface area contributed by atoms with Gasteiger partial charge in [-0.25, -0.2) is 9.78 Å². The molecule has 0 spiro atoms. The summed E-state index contributed by atoms with van der Waals surface area (Å²) < 4.78 is 7.24. The largest absolute Gasteiger partial charge is 0.453 e. The average Bonchev–Trinajstić information content (AvgIpc) is 3.19. The maximum absolute atomic E-state index is 12.4. The van der Waals surface area contributed by atoms with Gasteiger partial charge in [-0.1, -0.05) is 65.7 Å². The minimum absolute atomic E-state index is 0.201. The van der Waals surface area contributed by atoms with Crippen LogP contribution in [0.3, 0.4) is 0 Å². The van der Waals surface area contributed by atoms with E-state index in [0.717, 1.165) is 22.9 Å². The molecule has 1 atom stereocenters. The van der Waals surface area contributed by atoms with Gasteiger partial charge in [0.25, 0.3) is 0 Å². The SMILES string of the molecule is O=C(OC/C=C/c1ccccc1)SC(Cn1ccnc1)c1ccc(Cl)cc1Cl. The molecule has 28 heavy (non-hydrogen) atoms. The number of hydrogen-bond acceptors (Lipinski definition) is 4. The molecule has 4 nitrogen and oxygen atoms in total. The number of nitrogens with zero attached hydrogens (tertiary/aromatic N) is 2. The monoisotopic (exact) mass is 432 g/mol. The Bertz CT molecular complexity index is 931. The number of carbonyl (C=O) groups is 1. The van der Waals surface area contributed by atoms with Crippen LogP contribution in [-0.2, 0) is 11.3 Å². The van der Waals surface area contributed by atoms with E-state index in [1.54, 1.807) is 24.7 Å². The summed E-state index contributed by atoms with van der Waals surface area (Å²) in [5.74, 6) is 0. The summed E-state index contributed by atoms with van der Waals surface area (Å²) in [6.45, 7) is 0.730. The van der Waals surface area contributed by atoms with Crippen LogP contribution in [0, 0.1) is 0 Å². The molecule has 3 aromatic rings. The second-order valence-corrected chi connectivity index (χ2v) is 7.89. The van der Waals surface area contributed by atoms with Crippen molar-refractivity contribution in [2.45, 2.75) is 11.8 Å². The highest BCUT2D eigenvalue weighted by atomic mass is 35.5. The van der Waals surface area contributed by atoms with E-state index in [9.17, 15) is 4.79 Å². The maximum atomic E-state index is 12.4. The fourth-order valence-corrected chi connectivity index (χ4v) is 4.12. The summed E-state index contributed by atoms with van der Waals surface area (Å²) in [6.07, 6.45) is 8.96. The molecule has 144 valence electrons. The summed E-state index contributed by atoms with van der Waals surface area (Å²) in [4.78, 5) is 16.4. The molecule has 1 heterocycles. The molecule has 1 unspecified atom stereocenters. The number of benzene rings is 2. The third kappa shape index (κ3) is 6.16. The lowest BCUT2D eigenvalue weighted by atomic mass is 10.1. The van der Waals surface area contributed by atoms with Gasteiger partial charge in [-0.2, -0.15) is 0 Å². The molecule has 0 saturated heterocycles. The van der Waals surface area contributed by atoms with E-state index in [4.69, 9.17) is 27.9 Å². The predicted molar refractivity (Wildman–Crippen MR) is 116 cm³/mol. The number of ether oxygens (including phenoxy) is 1. The topological polar surface area (TPSA) is 44.1 Å². The summed E-state index contributed by atoms with van der Waals surface area (Å²) in [5, 5.41) is 0.467. The normalized spacial score (nSPS) is 12.2.